The highest BCUT2D eigenvalue weighted by molar-refractivity contribution is 7.83. The van der Waals surface area contributed by atoms with E-state index >= 15 is 0 Å². The summed E-state index contributed by atoms with van der Waals surface area (Å²) in [5.41, 5.74) is 1.15. The fourth-order valence-corrected chi connectivity index (χ4v) is 0.868. The SMILES string of the molecule is CC.Cc1cnc(/C=C/S)n1C. The number of hydrogen-bond donors (Lipinski definition) is 1. The summed E-state index contributed by atoms with van der Waals surface area (Å²) < 4.78 is 2.01. The first-order valence-electron chi connectivity index (χ1n) is 4.05. The predicted octanol–water partition coefficient (Wildman–Crippen LogP) is 2.66. The molecule has 68 valence electrons. The number of rotatable bonds is 1. The van der Waals surface area contributed by atoms with Gasteiger partial charge in [0, 0.05) is 18.9 Å². The summed E-state index contributed by atoms with van der Waals surface area (Å²) in [5, 5.41) is 1.68. The van der Waals surface area contributed by atoms with Crippen LogP contribution in [0.4, 0.5) is 0 Å². The number of thiol groups is 1. The molecule has 3 heteroatoms. The predicted molar refractivity (Wildman–Crippen MR) is 57.3 cm³/mol. The van der Waals surface area contributed by atoms with Crippen molar-refractivity contribution in [3.63, 3.8) is 0 Å². The second-order valence-electron chi connectivity index (χ2n) is 2.13. The minimum Gasteiger partial charge on any atom is -0.332 e. The van der Waals surface area contributed by atoms with Gasteiger partial charge in [-0.1, -0.05) is 13.8 Å². The summed E-state index contributed by atoms with van der Waals surface area (Å²) in [6.45, 7) is 6.02. The van der Waals surface area contributed by atoms with Crippen molar-refractivity contribution in [3.8, 4) is 0 Å². The first-order chi connectivity index (χ1) is 5.75. The zero-order valence-electron chi connectivity index (χ0n) is 8.07. The van der Waals surface area contributed by atoms with E-state index in [1.165, 1.54) is 0 Å². The molecule has 0 atom stereocenters. The highest BCUT2D eigenvalue weighted by atomic mass is 32.1. The highest BCUT2D eigenvalue weighted by Gasteiger charge is 1.96. The standard InChI is InChI=1S/C7H10N2S.C2H6/c1-6-5-8-7(3-4-10)9(6)2;1-2/h3-5,10H,1-2H3;1-2H3/b4-3+;. The number of aryl methyl sites for hydroxylation is 1. The summed E-state index contributed by atoms with van der Waals surface area (Å²) in [5.74, 6) is 0.938. The van der Waals surface area contributed by atoms with Crippen molar-refractivity contribution in [1.82, 2.24) is 9.55 Å². The van der Waals surface area contributed by atoms with Crippen LogP contribution in [0.25, 0.3) is 6.08 Å². The lowest BCUT2D eigenvalue weighted by molar-refractivity contribution is 0.860. The van der Waals surface area contributed by atoms with Gasteiger partial charge in [-0.3, -0.25) is 0 Å². The van der Waals surface area contributed by atoms with E-state index in [-0.39, 0.29) is 0 Å². The van der Waals surface area contributed by atoms with Crippen molar-refractivity contribution in [2.45, 2.75) is 20.8 Å². The molecule has 0 saturated carbocycles. The lowest BCUT2D eigenvalue weighted by Gasteiger charge is -1.95. The van der Waals surface area contributed by atoms with Crippen LogP contribution < -0.4 is 0 Å². The Morgan fingerprint density at radius 2 is 2.08 bits per heavy atom. The van der Waals surface area contributed by atoms with E-state index in [0.29, 0.717) is 0 Å². The molecule has 0 fully saturated rings. The number of nitrogens with zero attached hydrogens (tertiary/aromatic N) is 2. The Labute approximate surface area is 79.7 Å². The molecular weight excluding hydrogens is 168 g/mol. The lowest BCUT2D eigenvalue weighted by atomic mass is 10.5. The molecule has 12 heavy (non-hydrogen) atoms. The van der Waals surface area contributed by atoms with Crippen LogP contribution in [0.3, 0.4) is 0 Å². The summed E-state index contributed by atoms with van der Waals surface area (Å²) in [4.78, 5) is 4.13. The molecule has 0 amide bonds. The zero-order valence-corrected chi connectivity index (χ0v) is 8.97. The molecule has 0 aliphatic carbocycles. The van der Waals surface area contributed by atoms with Crippen molar-refractivity contribution >= 4 is 18.7 Å². The second-order valence-corrected chi connectivity index (χ2v) is 2.43. The van der Waals surface area contributed by atoms with Crippen molar-refractivity contribution in [2.24, 2.45) is 7.05 Å². The molecule has 1 heterocycles. The van der Waals surface area contributed by atoms with Gasteiger partial charge in [-0.25, -0.2) is 4.98 Å². The van der Waals surface area contributed by atoms with Gasteiger partial charge in [-0.05, 0) is 18.4 Å². The third-order valence-electron chi connectivity index (χ3n) is 1.48. The minimum atomic E-state index is 0.938. The van der Waals surface area contributed by atoms with Crippen molar-refractivity contribution < 1.29 is 0 Å². The third-order valence-corrected chi connectivity index (χ3v) is 1.63. The lowest BCUT2D eigenvalue weighted by Crippen LogP contribution is -1.92. The first kappa shape index (κ1) is 11.3. The van der Waals surface area contributed by atoms with Crippen LogP contribution in [0, 0.1) is 6.92 Å². The van der Waals surface area contributed by atoms with Gasteiger partial charge in [-0.15, -0.1) is 0 Å². The Balaban J connectivity index is 0.000000561. The van der Waals surface area contributed by atoms with Crippen LogP contribution >= 0.6 is 12.6 Å². The molecule has 0 bridgehead atoms. The van der Waals surface area contributed by atoms with Gasteiger partial charge in [0.15, 0.2) is 0 Å². The molecule has 0 saturated heterocycles. The van der Waals surface area contributed by atoms with Crippen molar-refractivity contribution in [3.05, 3.63) is 23.1 Å². The molecule has 0 aromatic carbocycles. The largest absolute Gasteiger partial charge is 0.332 e. The van der Waals surface area contributed by atoms with Gasteiger partial charge in [0.05, 0.1) is 0 Å². The first-order valence-corrected chi connectivity index (χ1v) is 4.56. The molecule has 1 aromatic rings. The smallest absolute Gasteiger partial charge is 0.133 e. The zero-order chi connectivity index (χ0) is 9.56. The van der Waals surface area contributed by atoms with E-state index in [0.717, 1.165) is 11.5 Å². The minimum absolute atomic E-state index is 0.938. The van der Waals surface area contributed by atoms with E-state index in [1.54, 1.807) is 5.41 Å². The van der Waals surface area contributed by atoms with E-state index in [1.807, 2.05) is 44.7 Å². The Hall–Kier alpha value is -0.700. The topological polar surface area (TPSA) is 17.8 Å². The van der Waals surface area contributed by atoms with Gasteiger partial charge in [0.25, 0.3) is 0 Å². The molecule has 0 unspecified atom stereocenters. The number of hydrogen-bond acceptors (Lipinski definition) is 2. The van der Waals surface area contributed by atoms with Crippen LogP contribution in [0.2, 0.25) is 0 Å². The Morgan fingerprint density at radius 1 is 1.50 bits per heavy atom. The average molecular weight is 184 g/mol. The Kier molecular flexibility index (Phi) is 5.54. The van der Waals surface area contributed by atoms with Crippen LogP contribution in [-0.4, -0.2) is 9.55 Å². The maximum atomic E-state index is 4.13. The maximum absolute atomic E-state index is 4.13. The fraction of sp³-hybridized carbons (Fsp3) is 0.444. The van der Waals surface area contributed by atoms with E-state index in [2.05, 4.69) is 17.6 Å². The molecule has 0 radical (unpaired) electrons. The van der Waals surface area contributed by atoms with Crippen LogP contribution in [0.5, 0.6) is 0 Å². The normalized spacial score (nSPS) is 9.75. The Morgan fingerprint density at radius 3 is 2.42 bits per heavy atom. The molecule has 0 N–H and O–H groups in total. The maximum Gasteiger partial charge on any atom is 0.133 e. The summed E-state index contributed by atoms with van der Waals surface area (Å²) in [6, 6.07) is 0. The molecule has 0 aliphatic heterocycles. The summed E-state index contributed by atoms with van der Waals surface area (Å²) in [6.07, 6.45) is 3.69. The van der Waals surface area contributed by atoms with E-state index in [9.17, 15) is 0 Å². The summed E-state index contributed by atoms with van der Waals surface area (Å²) in [7, 11) is 1.98. The van der Waals surface area contributed by atoms with Crippen LogP contribution in [0.1, 0.15) is 25.4 Å². The van der Waals surface area contributed by atoms with E-state index < -0.39 is 0 Å². The second kappa shape index (κ2) is 5.89. The monoisotopic (exact) mass is 184 g/mol. The number of imidazole rings is 1. The van der Waals surface area contributed by atoms with Crippen molar-refractivity contribution in [2.75, 3.05) is 0 Å². The molecule has 0 spiro atoms. The van der Waals surface area contributed by atoms with E-state index in [4.69, 9.17) is 0 Å². The molecule has 0 aliphatic rings. The molecule has 1 rings (SSSR count). The number of aromatic nitrogens is 2. The van der Waals surface area contributed by atoms with Crippen molar-refractivity contribution in [1.29, 1.82) is 0 Å². The Bertz CT molecular complexity index is 251. The summed E-state index contributed by atoms with van der Waals surface area (Å²) >= 11 is 3.95. The quantitative estimate of drug-likeness (QED) is 0.664. The molecular formula is C9H16N2S. The fourth-order valence-electron chi connectivity index (χ4n) is 0.735. The molecule has 2 nitrogen and oxygen atoms in total. The van der Waals surface area contributed by atoms with Gasteiger partial charge < -0.3 is 4.57 Å². The van der Waals surface area contributed by atoms with Gasteiger partial charge in [-0.2, -0.15) is 12.6 Å². The van der Waals surface area contributed by atoms with Gasteiger partial charge >= 0.3 is 0 Å². The van der Waals surface area contributed by atoms with Crippen LogP contribution in [-0.2, 0) is 7.05 Å². The van der Waals surface area contributed by atoms with Gasteiger partial charge in [0.2, 0.25) is 0 Å². The van der Waals surface area contributed by atoms with Crippen LogP contribution in [0.15, 0.2) is 11.6 Å². The molecule has 1 aromatic heterocycles. The highest BCUT2D eigenvalue weighted by Crippen LogP contribution is 2.02. The third kappa shape index (κ3) is 2.74. The van der Waals surface area contributed by atoms with Gasteiger partial charge in [0.1, 0.15) is 5.82 Å². The average Bonchev–Trinajstić information content (AvgIpc) is 2.41.